The van der Waals surface area contributed by atoms with Crippen LogP contribution in [0.25, 0.3) is 0 Å². The largest absolute Gasteiger partial charge is 0.489 e. The quantitative estimate of drug-likeness (QED) is 0.656. The van der Waals surface area contributed by atoms with Crippen molar-refractivity contribution >= 4 is 0 Å². The van der Waals surface area contributed by atoms with Crippen molar-refractivity contribution in [1.29, 1.82) is 0 Å². The molecule has 0 saturated carbocycles. The summed E-state index contributed by atoms with van der Waals surface area (Å²) >= 11 is 0. The van der Waals surface area contributed by atoms with E-state index in [-0.39, 0.29) is 0 Å². The monoisotopic (exact) mass is 184 g/mol. The van der Waals surface area contributed by atoms with E-state index in [1.807, 2.05) is 13.0 Å². The zero-order chi connectivity index (χ0) is 9.68. The summed E-state index contributed by atoms with van der Waals surface area (Å²) < 4.78 is 30.1. The van der Waals surface area contributed by atoms with Crippen LogP contribution in [0, 0.1) is 11.6 Å². The van der Waals surface area contributed by atoms with Gasteiger partial charge in [0, 0.05) is 6.07 Å². The van der Waals surface area contributed by atoms with E-state index in [2.05, 4.69) is 0 Å². The lowest BCUT2D eigenvalue weighted by Crippen LogP contribution is -1.94. The van der Waals surface area contributed by atoms with Gasteiger partial charge in [-0.05, 0) is 19.1 Å². The first-order chi connectivity index (χ1) is 6.24. The Hall–Kier alpha value is -1.38. The molecule has 0 unspecified atom stereocenters. The Morgan fingerprint density at radius 2 is 2.08 bits per heavy atom. The number of ether oxygens (including phenoxy) is 1. The topological polar surface area (TPSA) is 9.23 Å². The molecule has 0 amide bonds. The van der Waals surface area contributed by atoms with Crippen molar-refractivity contribution in [1.82, 2.24) is 0 Å². The molecular weight excluding hydrogens is 174 g/mol. The lowest BCUT2D eigenvalue weighted by Gasteiger charge is -2.02. The van der Waals surface area contributed by atoms with Gasteiger partial charge in [-0.25, -0.2) is 8.78 Å². The second-order valence-electron chi connectivity index (χ2n) is 2.46. The summed E-state index contributed by atoms with van der Waals surface area (Å²) in [6, 6.07) is 3.46. The van der Waals surface area contributed by atoms with Crippen molar-refractivity contribution in [2.24, 2.45) is 0 Å². The van der Waals surface area contributed by atoms with Gasteiger partial charge < -0.3 is 4.74 Å². The predicted octanol–water partition coefficient (Wildman–Crippen LogP) is 2.92. The average molecular weight is 184 g/mol. The van der Waals surface area contributed by atoms with Crippen LogP contribution in [0.2, 0.25) is 0 Å². The molecule has 1 aromatic carbocycles. The first kappa shape index (κ1) is 9.71. The molecule has 70 valence electrons. The number of hydrogen-bond donors (Lipinski definition) is 0. The Morgan fingerprint density at radius 1 is 1.31 bits per heavy atom. The molecule has 1 nitrogen and oxygen atoms in total. The molecule has 1 rings (SSSR count). The van der Waals surface area contributed by atoms with Crippen LogP contribution < -0.4 is 4.74 Å². The number of rotatable bonds is 3. The molecule has 1 aromatic rings. The highest BCUT2D eigenvalue weighted by Gasteiger charge is 2.01. The highest BCUT2D eigenvalue weighted by molar-refractivity contribution is 5.23. The molecule has 0 saturated heterocycles. The normalized spacial score (nSPS) is 10.7. The molecule has 0 fully saturated rings. The molecule has 0 spiro atoms. The van der Waals surface area contributed by atoms with Crippen molar-refractivity contribution < 1.29 is 13.5 Å². The molecule has 0 aliphatic heterocycles. The predicted molar refractivity (Wildman–Crippen MR) is 46.7 cm³/mol. The van der Waals surface area contributed by atoms with Gasteiger partial charge in [-0.1, -0.05) is 12.2 Å². The van der Waals surface area contributed by atoms with Crippen molar-refractivity contribution in [3.05, 3.63) is 42.0 Å². The van der Waals surface area contributed by atoms with E-state index >= 15 is 0 Å². The molecular formula is C10H10F2O. The maximum Gasteiger partial charge on any atom is 0.162 e. The molecule has 3 heteroatoms. The van der Waals surface area contributed by atoms with Crippen LogP contribution in [0.15, 0.2) is 30.4 Å². The SMILES string of the molecule is C/C=C/COc1ccc(F)c(F)c1. The van der Waals surface area contributed by atoms with E-state index in [0.29, 0.717) is 12.4 Å². The molecule has 0 heterocycles. The van der Waals surface area contributed by atoms with Gasteiger partial charge in [-0.3, -0.25) is 0 Å². The first-order valence-electron chi connectivity index (χ1n) is 3.93. The Morgan fingerprint density at radius 3 is 2.69 bits per heavy atom. The van der Waals surface area contributed by atoms with Gasteiger partial charge in [-0.15, -0.1) is 0 Å². The number of benzene rings is 1. The third kappa shape index (κ3) is 2.86. The Balaban J connectivity index is 2.63. The highest BCUT2D eigenvalue weighted by atomic mass is 19.2. The summed E-state index contributed by atoms with van der Waals surface area (Å²) in [7, 11) is 0. The van der Waals surface area contributed by atoms with Crippen LogP contribution in [0.3, 0.4) is 0 Å². The van der Waals surface area contributed by atoms with Crippen molar-refractivity contribution in [2.75, 3.05) is 6.61 Å². The maximum absolute atomic E-state index is 12.6. The minimum Gasteiger partial charge on any atom is -0.489 e. The molecule has 0 radical (unpaired) electrons. The van der Waals surface area contributed by atoms with Crippen LogP contribution in [-0.2, 0) is 0 Å². The van der Waals surface area contributed by atoms with Crippen molar-refractivity contribution in [3.8, 4) is 5.75 Å². The second-order valence-corrected chi connectivity index (χ2v) is 2.46. The van der Waals surface area contributed by atoms with Gasteiger partial charge in [0.2, 0.25) is 0 Å². The molecule has 0 aromatic heterocycles. The fourth-order valence-corrected chi connectivity index (χ4v) is 0.807. The van der Waals surface area contributed by atoms with Crippen LogP contribution in [0.4, 0.5) is 8.78 Å². The summed E-state index contributed by atoms with van der Waals surface area (Å²) in [5.41, 5.74) is 0. The fourth-order valence-electron chi connectivity index (χ4n) is 0.807. The summed E-state index contributed by atoms with van der Waals surface area (Å²) in [4.78, 5) is 0. The van der Waals surface area contributed by atoms with Crippen LogP contribution in [-0.4, -0.2) is 6.61 Å². The Kier molecular flexibility index (Phi) is 3.43. The minimum absolute atomic E-state index is 0.331. The van der Waals surface area contributed by atoms with E-state index in [1.165, 1.54) is 6.07 Å². The van der Waals surface area contributed by atoms with Crippen molar-refractivity contribution in [3.63, 3.8) is 0 Å². The van der Waals surface area contributed by atoms with Crippen molar-refractivity contribution in [2.45, 2.75) is 6.92 Å². The van der Waals surface area contributed by atoms with E-state index in [0.717, 1.165) is 12.1 Å². The molecule has 0 aliphatic carbocycles. The van der Waals surface area contributed by atoms with Crippen LogP contribution in [0.1, 0.15) is 6.92 Å². The fraction of sp³-hybridized carbons (Fsp3) is 0.200. The number of halogens is 2. The molecule has 0 atom stereocenters. The van der Waals surface area contributed by atoms with Gasteiger partial charge in [0.05, 0.1) is 0 Å². The lowest BCUT2D eigenvalue weighted by molar-refractivity contribution is 0.358. The minimum atomic E-state index is -0.891. The van der Waals surface area contributed by atoms with E-state index in [9.17, 15) is 8.78 Å². The first-order valence-corrected chi connectivity index (χ1v) is 3.93. The summed E-state index contributed by atoms with van der Waals surface area (Å²) in [5.74, 6) is -1.42. The summed E-state index contributed by atoms with van der Waals surface area (Å²) in [5, 5.41) is 0. The van der Waals surface area contributed by atoms with E-state index in [1.54, 1.807) is 6.08 Å². The average Bonchev–Trinajstić information content (AvgIpc) is 2.12. The van der Waals surface area contributed by atoms with E-state index in [4.69, 9.17) is 4.74 Å². The standard InChI is InChI=1S/C10H10F2O/c1-2-3-6-13-8-4-5-9(11)10(12)7-8/h2-5,7H,6H2,1H3/b3-2+. The van der Waals surface area contributed by atoms with E-state index < -0.39 is 11.6 Å². The number of allylic oxidation sites excluding steroid dienone is 1. The summed E-state index contributed by atoms with van der Waals surface area (Å²) in [6.07, 6.45) is 3.60. The third-order valence-corrected chi connectivity index (χ3v) is 1.47. The molecule has 0 bridgehead atoms. The maximum atomic E-state index is 12.6. The van der Waals surface area contributed by atoms with Gasteiger partial charge in [0.1, 0.15) is 12.4 Å². The highest BCUT2D eigenvalue weighted by Crippen LogP contribution is 2.15. The smallest absolute Gasteiger partial charge is 0.162 e. The van der Waals surface area contributed by atoms with Crippen LogP contribution in [0.5, 0.6) is 5.75 Å². The second kappa shape index (κ2) is 4.60. The zero-order valence-electron chi connectivity index (χ0n) is 7.26. The number of hydrogen-bond acceptors (Lipinski definition) is 1. The van der Waals surface area contributed by atoms with Gasteiger partial charge in [0.25, 0.3) is 0 Å². The molecule has 0 aliphatic rings. The third-order valence-electron chi connectivity index (χ3n) is 1.47. The lowest BCUT2D eigenvalue weighted by atomic mass is 10.3. The molecule has 13 heavy (non-hydrogen) atoms. The summed E-state index contributed by atoms with van der Waals surface area (Å²) in [6.45, 7) is 2.22. The van der Waals surface area contributed by atoms with Gasteiger partial charge in [0.15, 0.2) is 11.6 Å². The van der Waals surface area contributed by atoms with Gasteiger partial charge in [-0.2, -0.15) is 0 Å². The Labute approximate surface area is 75.6 Å². The van der Waals surface area contributed by atoms with Gasteiger partial charge >= 0.3 is 0 Å². The molecule has 0 N–H and O–H groups in total. The van der Waals surface area contributed by atoms with Crippen LogP contribution >= 0.6 is 0 Å². The Bertz CT molecular complexity index is 308. The zero-order valence-corrected chi connectivity index (χ0v) is 7.26.